The van der Waals surface area contributed by atoms with Gasteiger partial charge in [0.05, 0.1) is 18.9 Å². The fourth-order valence-electron chi connectivity index (χ4n) is 3.67. The van der Waals surface area contributed by atoms with Gasteiger partial charge in [0.15, 0.2) is 0 Å². The van der Waals surface area contributed by atoms with E-state index >= 15 is 0 Å². The number of carbonyl (C=O) groups is 5. The summed E-state index contributed by atoms with van der Waals surface area (Å²) in [5.74, 6) is -3.09. The van der Waals surface area contributed by atoms with Crippen molar-refractivity contribution < 1.29 is 29.1 Å². The van der Waals surface area contributed by atoms with Crippen molar-refractivity contribution in [3.05, 3.63) is 71.8 Å². The first-order valence-corrected chi connectivity index (χ1v) is 11.8. The zero-order chi connectivity index (χ0) is 26.5. The molecule has 9 heteroatoms. The molecule has 0 saturated carbocycles. The number of carbonyl (C=O) groups excluding carboxylic acids is 4. The summed E-state index contributed by atoms with van der Waals surface area (Å²) in [7, 11) is 0. The summed E-state index contributed by atoms with van der Waals surface area (Å²) in [6.07, 6.45) is 0.465. The molecular formula is C27H33N3O6. The topological polar surface area (TPSA) is 142 Å². The molecule has 2 aromatic carbocycles. The quantitative estimate of drug-likeness (QED) is 0.294. The average molecular weight is 496 g/mol. The Bertz CT molecular complexity index is 1030. The van der Waals surface area contributed by atoms with E-state index in [1.54, 1.807) is 48.5 Å². The number of rotatable bonds is 14. The fraction of sp³-hybridized carbons (Fsp3) is 0.370. The summed E-state index contributed by atoms with van der Waals surface area (Å²) in [5.41, 5.74) is 1.59. The van der Waals surface area contributed by atoms with Crippen LogP contribution in [-0.2, 0) is 36.8 Å². The molecular weight excluding hydrogens is 462 g/mol. The zero-order valence-corrected chi connectivity index (χ0v) is 20.5. The number of hydrogen-bond acceptors (Lipinski definition) is 5. The van der Waals surface area contributed by atoms with Crippen LogP contribution in [0.25, 0.3) is 0 Å². The predicted octanol–water partition coefficient (Wildman–Crippen LogP) is 1.65. The minimum absolute atomic E-state index is 0.0369. The molecule has 36 heavy (non-hydrogen) atoms. The summed E-state index contributed by atoms with van der Waals surface area (Å²) in [5, 5.41) is 16.9. The number of nitrogens with one attached hydrogen (secondary N) is 3. The Balaban J connectivity index is 2.08. The monoisotopic (exact) mass is 495 g/mol. The summed E-state index contributed by atoms with van der Waals surface area (Å²) >= 11 is 0. The van der Waals surface area contributed by atoms with Crippen molar-refractivity contribution in [3.63, 3.8) is 0 Å². The van der Waals surface area contributed by atoms with Crippen molar-refractivity contribution >= 4 is 30.0 Å². The molecule has 0 aliphatic heterocycles. The molecule has 0 aromatic heterocycles. The number of carboxylic acid groups (broad SMARTS) is 1. The molecule has 0 aliphatic rings. The third kappa shape index (κ3) is 10.1. The van der Waals surface area contributed by atoms with Crippen molar-refractivity contribution in [2.75, 3.05) is 0 Å². The molecule has 2 aromatic rings. The SMILES string of the molecule is CC(C)C[C@H](NC(=O)Cc1ccccc1)C(=O)N[C@@H](CC(=O)O)C(=O)N[C@H](C=O)Cc1ccccc1. The third-order valence-electron chi connectivity index (χ3n) is 5.37. The van der Waals surface area contributed by atoms with E-state index in [0.29, 0.717) is 12.7 Å². The van der Waals surface area contributed by atoms with E-state index < -0.39 is 42.3 Å². The predicted molar refractivity (Wildman–Crippen MR) is 134 cm³/mol. The second kappa shape index (κ2) is 14.4. The van der Waals surface area contributed by atoms with Crippen LogP contribution in [0.1, 0.15) is 37.8 Å². The van der Waals surface area contributed by atoms with Crippen LogP contribution < -0.4 is 16.0 Å². The molecule has 0 saturated heterocycles. The van der Waals surface area contributed by atoms with Gasteiger partial charge >= 0.3 is 5.97 Å². The van der Waals surface area contributed by atoms with Crippen molar-refractivity contribution in [2.45, 2.75) is 57.7 Å². The first kappa shape index (κ1) is 28.2. The molecule has 3 atom stereocenters. The van der Waals surface area contributed by atoms with E-state index in [9.17, 15) is 29.1 Å². The lowest BCUT2D eigenvalue weighted by atomic mass is 10.0. The minimum atomic E-state index is -1.42. The molecule has 3 amide bonds. The first-order chi connectivity index (χ1) is 17.2. The first-order valence-electron chi connectivity index (χ1n) is 11.8. The van der Waals surface area contributed by atoms with Gasteiger partial charge in [-0.25, -0.2) is 0 Å². The summed E-state index contributed by atoms with van der Waals surface area (Å²) < 4.78 is 0. The molecule has 4 N–H and O–H groups in total. The largest absolute Gasteiger partial charge is 0.481 e. The van der Waals surface area contributed by atoms with Crippen LogP contribution in [0.15, 0.2) is 60.7 Å². The van der Waals surface area contributed by atoms with Gasteiger partial charge in [0.25, 0.3) is 0 Å². The molecule has 0 bridgehead atoms. The lowest BCUT2D eigenvalue weighted by Crippen LogP contribution is -2.56. The van der Waals surface area contributed by atoms with Gasteiger partial charge in [0.2, 0.25) is 17.7 Å². The van der Waals surface area contributed by atoms with Crippen LogP contribution >= 0.6 is 0 Å². The van der Waals surface area contributed by atoms with Gasteiger partial charge in [-0.2, -0.15) is 0 Å². The van der Waals surface area contributed by atoms with E-state index in [4.69, 9.17) is 0 Å². The Morgan fingerprint density at radius 1 is 0.806 bits per heavy atom. The lowest BCUT2D eigenvalue weighted by molar-refractivity contribution is -0.141. The Hall–Kier alpha value is -4.01. The van der Waals surface area contributed by atoms with Gasteiger partial charge in [0.1, 0.15) is 18.4 Å². The van der Waals surface area contributed by atoms with Gasteiger partial charge in [0, 0.05) is 0 Å². The number of aliphatic carboxylic acids is 1. The highest BCUT2D eigenvalue weighted by Gasteiger charge is 2.30. The molecule has 192 valence electrons. The number of carboxylic acids is 1. The third-order valence-corrected chi connectivity index (χ3v) is 5.37. The van der Waals surface area contributed by atoms with E-state index in [1.165, 1.54) is 0 Å². The van der Waals surface area contributed by atoms with Crippen molar-refractivity contribution in [2.24, 2.45) is 5.92 Å². The van der Waals surface area contributed by atoms with Crippen LogP contribution in [0.5, 0.6) is 0 Å². The fourth-order valence-corrected chi connectivity index (χ4v) is 3.67. The molecule has 0 heterocycles. The highest BCUT2D eigenvalue weighted by atomic mass is 16.4. The zero-order valence-electron chi connectivity index (χ0n) is 20.5. The van der Waals surface area contributed by atoms with Crippen LogP contribution in [0.2, 0.25) is 0 Å². The molecule has 0 radical (unpaired) electrons. The second-order valence-electron chi connectivity index (χ2n) is 9.01. The number of aldehydes is 1. The Labute approximate surface area is 210 Å². The van der Waals surface area contributed by atoms with Gasteiger partial charge < -0.3 is 25.9 Å². The highest BCUT2D eigenvalue weighted by molar-refractivity contribution is 5.94. The van der Waals surface area contributed by atoms with Gasteiger partial charge in [-0.3, -0.25) is 19.2 Å². The standard InChI is InChI=1S/C27H33N3O6/c1-18(2)13-22(29-24(32)15-20-11-7-4-8-12-20)27(36)30-23(16-25(33)34)26(35)28-21(17-31)14-19-9-5-3-6-10-19/h3-12,17-18,21-23H,13-16H2,1-2H3,(H,28,35)(H,29,32)(H,30,36)(H,33,34)/t21-,22-,23-/m0/s1. The Morgan fingerprint density at radius 3 is 1.89 bits per heavy atom. The maximum absolute atomic E-state index is 13.0. The average Bonchev–Trinajstić information content (AvgIpc) is 2.83. The van der Waals surface area contributed by atoms with E-state index in [0.717, 1.165) is 11.1 Å². The van der Waals surface area contributed by atoms with Crippen molar-refractivity contribution in [3.8, 4) is 0 Å². The van der Waals surface area contributed by atoms with Crippen molar-refractivity contribution in [1.29, 1.82) is 0 Å². The number of hydrogen-bond donors (Lipinski definition) is 4. The minimum Gasteiger partial charge on any atom is -0.481 e. The summed E-state index contributed by atoms with van der Waals surface area (Å²) in [4.78, 5) is 61.4. The summed E-state index contributed by atoms with van der Waals surface area (Å²) in [6.45, 7) is 3.76. The van der Waals surface area contributed by atoms with Crippen LogP contribution in [-0.4, -0.2) is 53.2 Å². The molecule has 9 nitrogen and oxygen atoms in total. The molecule has 0 aliphatic carbocycles. The molecule has 2 rings (SSSR count). The Kier molecular flexibility index (Phi) is 11.3. The maximum Gasteiger partial charge on any atom is 0.305 e. The van der Waals surface area contributed by atoms with Gasteiger partial charge in [-0.05, 0) is 29.9 Å². The number of amides is 3. The van der Waals surface area contributed by atoms with Crippen LogP contribution in [0.3, 0.4) is 0 Å². The highest BCUT2D eigenvalue weighted by Crippen LogP contribution is 2.08. The van der Waals surface area contributed by atoms with E-state index in [1.807, 2.05) is 26.0 Å². The molecule has 0 fully saturated rings. The van der Waals surface area contributed by atoms with E-state index in [2.05, 4.69) is 16.0 Å². The van der Waals surface area contributed by atoms with Gasteiger partial charge in [-0.15, -0.1) is 0 Å². The number of benzene rings is 2. The maximum atomic E-state index is 13.0. The smallest absolute Gasteiger partial charge is 0.305 e. The second-order valence-corrected chi connectivity index (χ2v) is 9.01. The Morgan fingerprint density at radius 2 is 1.36 bits per heavy atom. The molecule has 0 spiro atoms. The lowest BCUT2D eigenvalue weighted by Gasteiger charge is -2.24. The normalized spacial score (nSPS) is 13.2. The van der Waals surface area contributed by atoms with Crippen molar-refractivity contribution in [1.82, 2.24) is 16.0 Å². The van der Waals surface area contributed by atoms with Crippen LogP contribution in [0, 0.1) is 5.92 Å². The van der Waals surface area contributed by atoms with E-state index in [-0.39, 0.29) is 24.7 Å². The van der Waals surface area contributed by atoms with Gasteiger partial charge in [-0.1, -0.05) is 74.5 Å². The summed E-state index contributed by atoms with van der Waals surface area (Å²) in [6, 6.07) is 14.8. The van der Waals surface area contributed by atoms with Crippen LogP contribution in [0.4, 0.5) is 0 Å². The molecule has 0 unspecified atom stereocenters.